The SMILES string of the molecule is Cc1ccc(C(CN)N2CCCCC2CO)o1. The Bertz CT molecular complexity index is 351. The van der Waals surface area contributed by atoms with E-state index in [-0.39, 0.29) is 18.7 Å². The Morgan fingerprint density at radius 3 is 2.94 bits per heavy atom. The summed E-state index contributed by atoms with van der Waals surface area (Å²) in [6, 6.07) is 4.29. The maximum atomic E-state index is 9.44. The average Bonchev–Trinajstić information content (AvgIpc) is 2.77. The van der Waals surface area contributed by atoms with E-state index in [4.69, 9.17) is 10.2 Å². The molecule has 4 nitrogen and oxygen atoms in total. The van der Waals surface area contributed by atoms with Crippen molar-refractivity contribution in [2.45, 2.75) is 38.3 Å². The number of aryl methyl sites for hydroxylation is 1. The maximum Gasteiger partial charge on any atom is 0.122 e. The molecule has 0 aliphatic carbocycles. The summed E-state index contributed by atoms with van der Waals surface area (Å²) in [6.07, 6.45) is 3.41. The van der Waals surface area contributed by atoms with Crippen LogP contribution in [0.1, 0.15) is 36.8 Å². The van der Waals surface area contributed by atoms with Crippen LogP contribution in [0.3, 0.4) is 0 Å². The van der Waals surface area contributed by atoms with Gasteiger partial charge in [-0.3, -0.25) is 4.90 Å². The van der Waals surface area contributed by atoms with E-state index in [1.54, 1.807) is 0 Å². The van der Waals surface area contributed by atoms with E-state index in [9.17, 15) is 5.11 Å². The minimum Gasteiger partial charge on any atom is -0.465 e. The molecule has 2 rings (SSSR count). The zero-order chi connectivity index (χ0) is 12.3. The van der Waals surface area contributed by atoms with Crippen molar-refractivity contribution in [3.8, 4) is 0 Å². The first-order chi connectivity index (χ1) is 8.26. The summed E-state index contributed by atoms with van der Waals surface area (Å²) >= 11 is 0. The van der Waals surface area contributed by atoms with Gasteiger partial charge in [0.25, 0.3) is 0 Å². The molecule has 17 heavy (non-hydrogen) atoms. The lowest BCUT2D eigenvalue weighted by Gasteiger charge is -2.39. The van der Waals surface area contributed by atoms with Crippen LogP contribution in [0, 0.1) is 6.92 Å². The molecule has 2 atom stereocenters. The minimum absolute atomic E-state index is 0.0983. The van der Waals surface area contributed by atoms with Crippen LogP contribution in [0.5, 0.6) is 0 Å². The van der Waals surface area contributed by atoms with Crippen molar-refractivity contribution in [2.24, 2.45) is 5.73 Å². The van der Waals surface area contributed by atoms with E-state index in [0.29, 0.717) is 6.54 Å². The van der Waals surface area contributed by atoms with E-state index >= 15 is 0 Å². The molecule has 2 heterocycles. The second kappa shape index (κ2) is 5.67. The van der Waals surface area contributed by atoms with Crippen LogP contribution < -0.4 is 5.73 Å². The van der Waals surface area contributed by atoms with Gasteiger partial charge in [-0.25, -0.2) is 0 Å². The van der Waals surface area contributed by atoms with Crippen LogP contribution in [0.15, 0.2) is 16.5 Å². The van der Waals surface area contributed by atoms with Gasteiger partial charge < -0.3 is 15.3 Å². The second-order valence-corrected chi connectivity index (χ2v) is 4.77. The highest BCUT2D eigenvalue weighted by atomic mass is 16.3. The molecule has 2 unspecified atom stereocenters. The summed E-state index contributed by atoms with van der Waals surface area (Å²) in [5, 5.41) is 9.44. The Labute approximate surface area is 102 Å². The molecule has 0 aromatic carbocycles. The number of nitrogens with two attached hydrogens (primary N) is 1. The van der Waals surface area contributed by atoms with Crippen LogP contribution in [-0.2, 0) is 0 Å². The molecule has 1 aliphatic rings. The van der Waals surface area contributed by atoms with E-state index in [0.717, 1.165) is 24.5 Å². The normalized spacial score (nSPS) is 23.8. The summed E-state index contributed by atoms with van der Waals surface area (Å²) in [5.41, 5.74) is 5.88. The van der Waals surface area contributed by atoms with Gasteiger partial charge in [0, 0.05) is 12.6 Å². The van der Waals surface area contributed by atoms with Crippen molar-refractivity contribution in [2.75, 3.05) is 19.7 Å². The molecular formula is C13H22N2O2. The third kappa shape index (κ3) is 2.70. The predicted octanol–water partition coefficient (Wildman–Crippen LogP) is 1.43. The highest BCUT2D eigenvalue weighted by molar-refractivity contribution is 5.11. The summed E-state index contributed by atoms with van der Waals surface area (Å²) in [4.78, 5) is 2.29. The number of furan rings is 1. The molecule has 0 saturated carbocycles. The minimum atomic E-state index is 0.0983. The van der Waals surface area contributed by atoms with Crippen molar-refractivity contribution in [3.63, 3.8) is 0 Å². The molecule has 1 saturated heterocycles. The first kappa shape index (κ1) is 12.6. The van der Waals surface area contributed by atoms with Gasteiger partial charge in [-0.2, -0.15) is 0 Å². The second-order valence-electron chi connectivity index (χ2n) is 4.77. The summed E-state index contributed by atoms with van der Waals surface area (Å²) in [6.45, 7) is 3.67. The molecule has 0 spiro atoms. The van der Waals surface area contributed by atoms with Gasteiger partial charge in [0.05, 0.1) is 12.6 Å². The molecule has 4 heteroatoms. The molecule has 0 bridgehead atoms. The Balaban J connectivity index is 2.16. The van der Waals surface area contributed by atoms with Gasteiger partial charge in [0.15, 0.2) is 0 Å². The maximum absolute atomic E-state index is 9.44. The molecule has 0 amide bonds. The van der Waals surface area contributed by atoms with Crippen molar-refractivity contribution in [1.29, 1.82) is 0 Å². The smallest absolute Gasteiger partial charge is 0.122 e. The highest BCUT2D eigenvalue weighted by Gasteiger charge is 2.30. The number of aliphatic hydroxyl groups excluding tert-OH is 1. The fraction of sp³-hybridized carbons (Fsp3) is 0.692. The Morgan fingerprint density at radius 2 is 2.35 bits per heavy atom. The van der Waals surface area contributed by atoms with Gasteiger partial charge in [0.1, 0.15) is 11.5 Å². The topological polar surface area (TPSA) is 62.6 Å². The van der Waals surface area contributed by atoms with Gasteiger partial charge in [-0.15, -0.1) is 0 Å². The molecule has 1 aliphatic heterocycles. The van der Waals surface area contributed by atoms with Crippen LogP contribution in [0.4, 0.5) is 0 Å². The predicted molar refractivity (Wildman–Crippen MR) is 66.7 cm³/mol. The van der Waals surface area contributed by atoms with Crippen LogP contribution in [0.25, 0.3) is 0 Å². The van der Waals surface area contributed by atoms with Gasteiger partial charge in [-0.05, 0) is 38.4 Å². The van der Waals surface area contributed by atoms with E-state index in [1.165, 1.54) is 12.8 Å². The van der Waals surface area contributed by atoms with Crippen LogP contribution in [-0.4, -0.2) is 35.7 Å². The number of hydrogen-bond donors (Lipinski definition) is 2. The summed E-state index contributed by atoms with van der Waals surface area (Å²) < 4.78 is 5.68. The third-order valence-corrected chi connectivity index (χ3v) is 3.60. The quantitative estimate of drug-likeness (QED) is 0.833. The van der Waals surface area contributed by atoms with Crippen molar-refractivity contribution >= 4 is 0 Å². The average molecular weight is 238 g/mol. The number of likely N-dealkylation sites (tertiary alicyclic amines) is 1. The van der Waals surface area contributed by atoms with Crippen molar-refractivity contribution < 1.29 is 9.52 Å². The van der Waals surface area contributed by atoms with Crippen LogP contribution in [0.2, 0.25) is 0 Å². The number of hydrogen-bond acceptors (Lipinski definition) is 4. The Hall–Kier alpha value is -0.840. The Morgan fingerprint density at radius 1 is 1.53 bits per heavy atom. The van der Waals surface area contributed by atoms with Gasteiger partial charge >= 0.3 is 0 Å². The van der Waals surface area contributed by atoms with Crippen molar-refractivity contribution in [3.05, 3.63) is 23.7 Å². The first-order valence-corrected chi connectivity index (χ1v) is 6.39. The van der Waals surface area contributed by atoms with Gasteiger partial charge in [0.2, 0.25) is 0 Å². The van der Waals surface area contributed by atoms with Gasteiger partial charge in [-0.1, -0.05) is 6.42 Å². The van der Waals surface area contributed by atoms with E-state index < -0.39 is 0 Å². The molecular weight excluding hydrogens is 216 g/mol. The lowest BCUT2D eigenvalue weighted by atomic mass is 9.99. The molecule has 0 radical (unpaired) electrons. The summed E-state index contributed by atoms with van der Waals surface area (Å²) in [7, 11) is 0. The fourth-order valence-electron chi connectivity index (χ4n) is 2.68. The third-order valence-electron chi connectivity index (χ3n) is 3.60. The lowest BCUT2D eigenvalue weighted by molar-refractivity contribution is 0.0471. The molecule has 96 valence electrons. The number of rotatable bonds is 4. The largest absolute Gasteiger partial charge is 0.465 e. The zero-order valence-corrected chi connectivity index (χ0v) is 10.4. The molecule has 1 aromatic rings. The Kier molecular flexibility index (Phi) is 4.20. The number of nitrogens with zero attached hydrogens (tertiary/aromatic N) is 1. The molecule has 3 N–H and O–H groups in total. The summed E-state index contributed by atoms with van der Waals surface area (Å²) in [5.74, 6) is 1.83. The monoisotopic (exact) mass is 238 g/mol. The highest BCUT2D eigenvalue weighted by Crippen LogP contribution is 2.28. The lowest BCUT2D eigenvalue weighted by Crippen LogP contribution is -2.46. The van der Waals surface area contributed by atoms with E-state index in [2.05, 4.69) is 4.90 Å². The number of piperidine rings is 1. The van der Waals surface area contributed by atoms with Crippen LogP contribution >= 0.6 is 0 Å². The molecule has 1 aromatic heterocycles. The fourth-order valence-corrected chi connectivity index (χ4v) is 2.68. The first-order valence-electron chi connectivity index (χ1n) is 6.39. The van der Waals surface area contributed by atoms with Crippen molar-refractivity contribution in [1.82, 2.24) is 4.90 Å². The zero-order valence-electron chi connectivity index (χ0n) is 10.4. The standard InChI is InChI=1S/C13H22N2O2/c1-10-5-6-13(17-10)12(8-14)15-7-3-2-4-11(15)9-16/h5-6,11-12,16H,2-4,7-9,14H2,1H3. The molecule has 1 fully saturated rings. The number of aliphatic hydroxyl groups is 1. The van der Waals surface area contributed by atoms with E-state index in [1.807, 2.05) is 19.1 Å².